The monoisotopic (exact) mass is 629 g/mol. The van der Waals surface area contributed by atoms with Gasteiger partial charge < -0.3 is 23.9 Å². The number of pyridine rings is 1. The zero-order valence-corrected chi connectivity index (χ0v) is 22.9. The minimum atomic E-state index is -0.970. The second-order valence-electron chi connectivity index (χ2n) is 9.15. The van der Waals surface area contributed by atoms with E-state index in [4.69, 9.17) is 13.9 Å². The lowest BCUT2D eigenvalue weighted by Gasteiger charge is -2.39. The van der Waals surface area contributed by atoms with Crippen LogP contribution in [-0.4, -0.2) is 57.1 Å². The normalized spacial score (nSPS) is 19.2. The largest absolute Gasteiger partial charge is 0.423 e. The second kappa shape index (κ2) is 10.2. The van der Waals surface area contributed by atoms with Gasteiger partial charge in [-0.25, -0.2) is 14.4 Å². The van der Waals surface area contributed by atoms with Crippen molar-refractivity contribution in [3.8, 4) is 11.4 Å². The van der Waals surface area contributed by atoms with Crippen LogP contribution in [-0.2, 0) is 21.4 Å². The number of nitrogens with zero attached hydrogens (tertiary/aromatic N) is 4. The average Bonchev–Trinajstić information content (AvgIpc) is 3.67. The van der Waals surface area contributed by atoms with Crippen molar-refractivity contribution < 1.29 is 18.3 Å². The Morgan fingerprint density at radius 2 is 2.03 bits per heavy atom. The van der Waals surface area contributed by atoms with Crippen molar-refractivity contribution in [3.05, 3.63) is 81.0 Å². The summed E-state index contributed by atoms with van der Waals surface area (Å²) in [5.41, 5.74) is 3.37. The Morgan fingerprint density at radius 3 is 2.82 bits per heavy atom. The summed E-state index contributed by atoms with van der Waals surface area (Å²) in [5, 5.41) is 13.4. The maximum atomic E-state index is 13.8. The first-order chi connectivity index (χ1) is 18.5. The van der Waals surface area contributed by atoms with Gasteiger partial charge in [-0.15, -0.1) is 10.2 Å². The summed E-state index contributed by atoms with van der Waals surface area (Å²) in [6.07, 6.45) is 2.36. The fourth-order valence-corrected chi connectivity index (χ4v) is 5.40. The number of H-pyrrole nitrogens is 2. The highest BCUT2D eigenvalue weighted by atomic mass is 127. The van der Waals surface area contributed by atoms with Gasteiger partial charge in [0.15, 0.2) is 11.4 Å². The number of hydrogen-bond donors (Lipinski definition) is 3. The van der Waals surface area contributed by atoms with Gasteiger partial charge in [0, 0.05) is 24.9 Å². The third-order valence-electron chi connectivity index (χ3n) is 6.72. The first kappa shape index (κ1) is 25.1. The molecule has 1 aromatic carbocycles. The van der Waals surface area contributed by atoms with Crippen molar-refractivity contribution in [1.29, 1.82) is 0 Å². The molecule has 0 saturated carbocycles. The van der Waals surface area contributed by atoms with E-state index in [1.54, 1.807) is 26.3 Å². The second-order valence-corrected chi connectivity index (χ2v) is 10.2. The number of imidazole rings is 1. The molecule has 1 aliphatic rings. The van der Waals surface area contributed by atoms with E-state index in [9.17, 15) is 4.39 Å². The molecule has 12 heteroatoms. The standard InChI is InChI=1S/C26H25FIN7O3/c1-14-34-35-25(38-14)26(13-37-10-9-36-2)22-16(15-5-3-4-6-18(15)30-22)11-20(33-26)24-29-12-21(32-24)19-8-7-17(27)23(28)31-19/h3-8,12,20,30,33H,9-11,13H2,1-2H3,(H,29,32)/t20-,26?/m1/s1. The molecule has 2 atom stereocenters. The molecule has 0 spiro atoms. The van der Waals surface area contributed by atoms with Gasteiger partial charge in [0.05, 0.1) is 49.1 Å². The van der Waals surface area contributed by atoms with E-state index in [1.165, 1.54) is 6.07 Å². The van der Waals surface area contributed by atoms with E-state index in [2.05, 4.69) is 41.5 Å². The third kappa shape index (κ3) is 4.40. The average molecular weight is 629 g/mol. The van der Waals surface area contributed by atoms with Gasteiger partial charge in [0.1, 0.15) is 9.53 Å². The number of fused-ring (bicyclic) bond motifs is 3. The van der Waals surface area contributed by atoms with Gasteiger partial charge in [-0.3, -0.25) is 5.32 Å². The minimum Gasteiger partial charge on any atom is -0.423 e. The highest BCUT2D eigenvalue weighted by Crippen LogP contribution is 2.42. The summed E-state index contributed by atoms with van der Waals surface area (Å²) >= 11 is 1.88. The van der Waals surface area contributed by atoms with Gasteiger partial charge in [0.2, 0.25) is 11.8 Å². The van der Waals surface area contributed by atoms with Crippen LogP contribution in [0.4, 0.5) is 4.39 Å². The zero-order valence-electron chi connectivity index (χ0n) is 20.7. The summed E-state index contributed by atoms with van der Waals surface area (Å²) < 4.78 is 31.4. The van der Waals surface area contributed by atoms with E-state index < -0.39 is 5.54 Å². The quantitative estimate of drug-likeness (QED) is 0.133. The molecule has 38 heavy (non-hydrogen) atoms. The molecule has 4 aromatic heterocycles. The minimum absolute atomic E-state index is 0.222. The van der Waals surface area contributed by atoms with E-state index in [-0.39, 0.29) is 18.5 Å². The Kier molecular flexibility index (Phi) is 6.72. The molecule has 0 radical (unpaired) electrons. The Morgan fingerprint density at radius 1 is 1.16 bits per heavy atom. The molecular weight excluding hydrogens is 604 g/mol. The summed E-state index contributed by atoms with van der Waals surface area (Å²) in [6, 6.07) is 10.9. The van der Waals surface area contributed by atoms with Crippen LogP contribution in [0.5, 0.6) is 0 Å². The maximum Gasteiger partial charge on any atom is 0.244 e. The van der Waals surface area contributed by atoms with Crippen molar-refractivity contribution in [2.75, 3.05) is 26.9 Å². The lowest BCUT2D eigenvalue weighted by Crippen LogP contribution is -2.53. The summed E-state index contributed by atoms with van der Waals surface area (Å²) in [7, 11) is 1.64. The van der Waals surface area contributed by atoms with Crippen molar-refractivity contribution in [1.82, 2.24) is 35.5 Å². The SMILES string of the molecule is COCCOCC1(c2nnc(C)o2)N[C@@H](c2ncc(-c3ccc(F)c(I)n3)[nH]2)Cc2c1[nH]c1ccccc21. The van der Waals surface area contributed by atoms with E-state index in [1.807, 2.05) is 40.8 Å². The van der Waals surface area contributed by atoms with Gasteiger partial charge in [-0.1, -0.05) is 18.2 Å². The van der Waals surface area contributed by atoms with Crippen LogP contribution in [0.2, 0.25) is 0 Å². The number of nitrogens with one attached hydrogen (secondary N) is 3. The van der Waals surface area contributed by atoms with Crippen LogP contribution in [0.1, 0.15) is 34.9 Å². The molecule has 0 bridgehead atoms. The van der Waals surface area contributed by atoms with Crippen LogP contribution in [0, 0.1) is 16.4 Å². The topological polar surface area (TPSA) is 127 Å². The van der Waals surface area contributed by atoms with Crippen LogP contribution in [0.15, 0.2) is 47.0 Å². The lowest BCUT2D eigenvalue weighted by molar-refractivity contribution is 0.0271. The van der Waals surface area contributed by atoms with Crippen molar-refractivity contribution in [3.63, 3.8) is 0 Å². The smallest absolute Gasteiger partial charge is 0.244 e. The molecule has 3 N–H and O–H groups in total. The zero-order chi connectivity index (χ0) is 26.3. The van der Waals surface area contributed by atoms with Crippen LogP contribution < -0.4 is 5.32 Å². The number of rotatable bonds is 8. The number of aryl methyl sites for hydroxylation is 1. The number of aromatic nitrogens is 6. The molecule has 0 amide bonds. The molecule has 0 saturated heterocycles. The molecule has 0 fully saturated rings. The van der Waals surface area contributed by atoms with Gasteiger partial charge >= 0.3 is 0 Å². The first-order valence-electron chi connectivity index (χ1n) is 12.1. The molecule has 1 unspecified atom stereocenters. The fourth-order valence-electron chi connectivity index (χ4n) is 4.96. The third-order valence-corrected chi connectivity index (χ3v) is 7.47. The van der Waals surface area contributed by atoms with Crippen molar-refractivity contribution >= 4 is 33.5 Å². The van der Waals surface area contributed by atoms with Crippen LogP contribution in [0.25, 0.3) is 22.3 Å². The molecular formula is C26H25FIN7O3. The number of para-hydroxylation sites is 1. The molecule has 5 heterocycles. The van der Waals surface area contributed by atoms with Crippen LogP contribution >= 0.6 is 22.6 Å². The predicted molar refractivity (Wildman–Crippen MR) is 145 cm³/mol. The lowest BCUT2D eigenvalue weighted by atomic mass is 9.83. The number of halogens is 2. The molecule has 5 aromatic rings. The molecule has 6 rings (SSSR count). The number of methoxy groups -OCH3 is 1. The fraction of sp³-hybridized carbons (Fsp3) is 0.308. The van der Waals surface area contributed by atoms with Crippen molar-refractivity contribution in [2.45, 2.75) is 24.9 Å². The summed E-state index contributed by atoms with van der Waals surface area (Å²) in [5.74, 6) is 1.19. The van der Waals surface area contributed by atoms with Crippen LogP contribution in [0.3, 0.4) is 0 Å². The van der Waals surface area contributed by atoms with Gasteiger partial charge in [-0.2, -0.15) is 0 Å². The Balaban J connectivity index is 1.46. The number of ether oxygens (including phenoxy) is 2. The first-order valence-corrected chi connectivity index (χ1v) is 13.2. The van der Waals surface area contributed by atoms with E-state index in [0.717, 1.165) is 22.2 Å². The predicted octanol–water partition coefficient (Wildman–Crippen LogP) is 4.18. The maximum absolute atomic E-state index is 13.8. The van der Waals surface area contributed by atoms with Gasteiger partial charge in [0.25, 0.3) is 0 Å². The highest BCUT2D eigenvalue weighted by molar-refractivity contribution is 14.1. The molecule has 1 aliphatic heterocycles. The summed E-state index contributed by atoms with van der Waals surface area (Å²) in [6.45, 7) is 2.83. The number of aromatic amines is 2. The number of hydrogen-bond acceptors (Lipinski definition) is 8. The number of benzene rings is 1. The Bertz CT molecular complexity index is 1600. The molecule has 0 aliphatic carbocycles. The summed E-state index contributed by atoms with van der Waals surface area (Å²) in [4.78, 5) is 16.0. The Labute approximate surface area is 230 Å². The molecule has 10 nitrogen and oxygen atoms in total. The van der Waals surface area contributed by atoms with E-state index >= 15 is 0 Å². The van der Waals surface area contributed by atoms with E-state index in [0.29, 0.717) is 52.3 Å². The Hall–Kier alpha value is -3.20. The van der Waals surface area contributed by atoms with Gasteiger partial charge in [-0.05, 0) is 52.8 Å². The highest BCUT2D eigenvalue weighted by Gasteiger charge is 2.49. The van der Waals surface area contributed by atoms with Crippen molar-refractivity contribution in [2.24, 2.45) is 0 Å². The molecule has 196 valence electrons.